The Morgan fingerprint density at radius 2 is 1.74 bits per heavy atom. The van der Waals surface area contributed by atoms with Crippen LogP contribution < -0.4 is 15.3 Å². The monoisotopic (exact) mass is 381 g/mol. The molecule has 2 saturated heterocycles. The number of halogens is 3. The predicted octanol–water partition coefficient (Wildman–Crippen LogP) is 0.872. The number of nitrogens with zero attached hydrogens (tertiary/aromatic N) is 6. The molecule has 27 heavy (non-hydrogen) atoms. The SMILES string of the molecule is O=C(NO)c1cnc(N2C[C@@H]3C[C@@H]2CN3c2nccc(C(F)(F)F)n2)nc1. The molecule has 142 valence electrons. The number of alkyl halides is 3. The number of carbonyl (C=O) groups excluding carboxylic acids is 1. The molecule has 0 aliphatic carbocycles. The number of hydroxylamine groups is 1. The van der Waals surface area contributed by atoms with Crippen LogP contribution in [0.3, 0.4) is 0 Å². The second-order valence-electron chi connectivity index (χ2n) is 6.30. The number of aromatic nitrogens is 4. The largest absolute Gasteiger partial charge is 0.433 e. The molecule has 9 nitrogen and oxygen atoms in total. The van der Waals surface area contributed by atoms with Crippen LogP contribution in [0.2, 0.25) is 0 Å². The summed E-state index contributed by atoms with van der Waals surface area (Å²) in [5.74, 6) is -0.230. The third kappa shape index (κ3) is 3.12. The molecule has 2 aromatic heterocycles. The smallest absolute Gasteiger partial charge is 0.334 e. The minimum atomic E-state index is -4.51. The van der Waals surface area contributed by atoms with E-state index in [9.17, 15) is 18.0 Å². The van der Waals surface area contributed by atoms with Gasteiger partial charge >= 0.3 is 6.18 Å². The highest BCUT2D eigenvalue weighted by Crippen LogP contribution is 2.36. The van der Waals surface area contributed by atoms with E-state index >= 15 is 0 Å². The van der Waals surface area contributed by atoms with Crippen molar-refractivity contribution in [2.45, 2.75) is 24.7 Å². The summed E-state index contributed by atoms with van der Waals surface area (Å²) in [4.78, 5) is 30.9. The van der Waals surface area contributed by atoms with Crippen LogP contribution in [0.25, 0.3) is 0 Å². The van der Waals surface area contributed by atoms with E-state index in [1.807, 2.05) is 4.90 Å². The number of carbonyl (C=O) groups is 1. The number of rotatable bonds is 3. The van der Waals surface area contributed by atoms with Crippen molar-refractivity contribution in [3.8, 4) is 0 Å². The molecule has 12 heteroatoms. The van der Waals surface area contributed by atoms with Gasteiger partial charge in [0.2, 0.25) is 11.9 Å². The van der Waals surface area contributed by atoms with Gasteiger partial charge in [-0.05, 0) is 12.5 Å². The fraction of sp³-hybridized carbons (Fsp3) is 0.400. The summed E-state index contributed by atoms with van der Waals surface area (Å²) in [6.45, 7) is 0.962. The van der Waals surface area contributed by atoms with Crippen LogP contribution in [-0.4, -0.2) is 56.2 Å². The van der Waals surface area contributed by atoms with Crippen molar-refractivity contribution in [1.29, 1.82) is 0 Å². The van der Waals surface area contributed by atoms with Gasteiger partial charge in [0.1, 0.15) is 5.69 Å². The summed E-state index contributed by atoms with van der Waals surface area (Å²) in [5.41, 5.74) is 0.654. The molecule has 2 aliphatic rings. The first kappa shape index (κ1) is 17.4. The van der Waals surface area contributed by atoms with E-state index in [1.165, 1.54) is 17.9 Å². The van der Waals surface area contributed by atoms with Crippen molar-refractivity contribution < 1.29 is 23.2 Å². The molecule has 1 amide bonds. The minimum absolute atomic E-state index is 0.00524. The first-order valence-corrected chi connectivity index (χ1v) is 8.07. The lowest BCUT2D eigenvalue weighted by Gasteiger charge is -2.34. The van der Waals surface area contributed by atoms with E-state index in [0.29, 0.717) is 19.0 Å². The van der Waals surface area contributed by atoms with Gasteiger partial charge in [-0.1, -0.05) is 0 Å². The molecule has 0 unspecified atom stereocenters. The summed E-state index contributed by atoms with van der Waals surface area (Å²) in [6, 6.07) is 0.801. The number of fused-ring (bicyclic) bond motifs is 2. The molecule has 0 aromatic carbocycles. The van der Waals surface area contributed by atoms with Crippen molar-refractivity contribution in [3.05, 3.63) is 35.9 Å². The quantitative estimate of drug-likeness (QED) is 0.596. The number of hydrogen-bond donors (Lipinski definition) is 2. The summed E-state index contributed by atoms with van der Waals surface area (Å²) >= 11 is 0. The van der Waals surface area contributed by atoms with E-state index in [-0.39, 0.29) is 23.6 Å². The molecule has 2 aliphatic heterocycles. The highest BCUT2D eigenvalue weighted by Gasteiger charge is 2.46. The Bertz CT molecular complexity index is 861. The number of piperazine rings is 1. The standard InChI is InChI=1S/C15H14F3N7O2/c16-15(17,18)11-1-2-19-14(22-11)25-7-9-3-10(25)6-24(9)13-20-4-8(5-21-13)12(26)23-27/h1-2,4-5,9-10,27H,3,6-7H2,(H,23,26)/t9-,10+/m1/s1. The molecule has 2 bridgehead atoms. The number of amides is 1. The highest BCUT2D eigenvalue weighted by molar-refractivity contribution is 5.92. The minimum Gasteiger partial charge on any atom is -0.334 e. The Balaban J connectivity index is 1.49. The van der Waals surface area contributed by atoms with Gasteiger partial charge in [0, 0.05) is 31.7 Å². The lowest BCUT2D eigenvalue weighted by molar-refractivity contribution is -0.141. The molecule has 2 aromatic rings. The molecule has 4 rings (SSSR count). The molecule has 0 radical (unpaired) electrons. The topological polar surface area (TPSA) is 107 Å². The second kappa shape index (κ2) is 6.30. The van der Waals surface area contributed by atoms with Crippen LogP contribution in [0.1, 0.15) is 22.5 Å². The van der Waals surface area contributed by atoms with Gasteiger partial charge in [-0.3, -0.25) is 10.0 Å². The molecule has 0 saturated carbocycles. The summed E-state index contributed by atoms with van der Waals surface area (Å²) in [6.07, 6.45) is -0.0785. The van der Waals surface area contributed by atoms with Crippen LogP contribution in [0, 0.1) is 0 Å². The molecule has 2 N–H and O–H groups in total. The van der Waals surface area contributed by atoms with E-state index in [1.54, 1.807) is 4.90 Å². The van der Waals surface area contributed by atoms with Crippen molar-refractivity contribution in [3.63, 3.8) is 0 Å². The molecule has 0 spiro atoms. The first-order chi connectivity index (χ1) is 12.9. The number of hydrogen-bond acceptors (Lipinski definition) is 8. The second-order valence-corrected chi connectivity index (χ2v) is 6.30. The summed E-state index contributed by atoms with van der Waals surface area (Å²) in [7, 11) is 0. The van der Waals surface area contributed by atoms with Gasteiger partial charge < -0.3 is 9.80 Å². The molecular weight excluding hydrogens is 367 g/mol. The first-order valence-electron chi connectivity index (χ1n) is 8.07. The molecule has 2 atom stereocenters. The average Bonchev–Trinajstić information content (AvgIpc) is 3.28. The van der Waals surface area contributed by atoms with E-state index in [4.69, 9.17) is 5.21 Å². The molecule has 2 fully saturated rings. The van der Waals surface area contributed by atoms with Crippen LogP contribution in [0.15, 0.2) is 24.7 Å². The average molecular weight is 381 g/mol. The third-order valence-electron chi connectivity index (χ3n) is 4.69. The zero-order valence-electron chi connectivity index (χ0n) is 13.8. The van der Waals surface area contributed by atoms with Gasteiger partial charge in [0.15, 0.2) is 0 Å². The predicted molar refractivity (Wildman–Crippen MR) is 85.2 cm³/mol. The maximum absolute atomic E-state index is 12.9. The van der Waals surface area contributed by atoms with E-state index < -0.39 is 17.8 Å². The van der Waals surface area contributed by atoms with Crippen LogP contribution >= 0.6 is 0 Å². The fourth-order valence-electron chi connectivity index (χ4n) is 3.45. The van der Waals surface area contributed by atoms with Crippen molar-refractivity contribution in [1.82, 2.24) is 25.4 Å². The summed E-state index contributed by atoms with van der Waals surface area (Å²) in [5, 5.41) is 8.61. The Kier molecular flexibility index (Phi) is 4.06. The maximum atomic E-state index is 12.9. The normalized spacial score (nSPS) is 21.6. The third-order valence-corrected chi connectivity index (χ3v) is 4.69. The Labute approximate surface area is 150 Å². The van der Waals surface area contributed by atoms with Gasteiger partial charge in [-0.2, -0.15) is 13.2 Å². The Morgan fingerprint density at radius 3 is 2.30 bits per heavy atom. The zero-order valence-corrected chi connectivity index (χ0v) is 13.8. The number of nitrogens with one attached hydrogen (secondary N) is 1. The van der Waals surface area contributed by atoms with Crippen LogP contribution in [-0.2, 0) is 6.18 Å². The van der Waals surface area contributed by atoms with E-state index in [0.717, 1.165) is 18.7 Å². The van der Waals surface area contributed by atoms with Crippen molar-refractivity contribution in [2.75, 3.05) is 22.9 Å². The highest BCUT2D eigenvalue weighted by atomic mass is 19.4. The number of anilines is 2. The van der Waals surface area contributed by atoms with Crippen LogP contribution in [0.4, 0.5) is 25.1 Å². The van der Waals surface area contributed by atoms with Gasteiger partial charge in [-0.25, -0.2) is 25.4 Å². The van der Waals surface area contributed by atoms with Crippen molar-refractivity contribution >= 4 is 17.8 Å². The lowest BCUT2D eigenvalue weighted by atomic mass is 10.2. The van der Waals surface area contributed by atoms with Crippen molar-refractivity contribution in [2.24, 2.45) is 0 Å². The van der Waals surface area contributed by atoms with Gasteiger partial charge in [0.25, 0.3) is 5.91 Å². The molecular formula is C15H14F3N7O2. The Morgan fingerprint density at radius 1 is 1.11 bits per heavy atom. The summed E-state index contributed by atoms with van der Waals surface area (Å²) < 4.78 is 38.6. The van der Waals surface area contributed by atoms with E-state index in [2.05, 4.69) is 19.9 Å². The van der Waals surface area contributed by atoms with Gasteiger partial charge in [-0.15, -0.1) is 0 Å². The molecule has 4 heterocycles. The fourth-order valence-corrected chi connectivity index (χ4v) is 3.45. The Hall–Kier alpha value is -3.02. The van der Waals surface area contributed by atoms with Crippen LogP contribution in [0.5, 0.6) is 0 Å². The van der Waals surface area contributed by atoms with Gasteiger partial charge in [0.05, 0.1) is 17.6 Å². The zero-order chi connectivity index (χ0) is 19.2. The maximum Gasteiger partial charge on any atom is 0.433 e. The lowest BCUT2D eigenvalue weighted by Crippen LogP contribution is -2.47.